The van der Waals surface area contributed by atoms with Crippen LogP contribution in [0.5, 0.6) is 0 Å². The third-order valence-electron chi connectivity index (χ3n) is 7.48. The molecule has 0 radical (unpaired) electrons. The summed E-state index contributed by atoms with van der Waals surface area (Å²) < 4.78 is 28.2. The number of hydrogen-bond acceptors (Lipinski definition) is 4. The zero-order valence-electron chi connectivity index (χ0n) is 23.1. The number of hydrogen-bond donors (Lipinski definition) is 2. The second-order valence-electron chi connectivity index (χ2n) is 10.8. The van der Waals surface area contributed by atoms with Gasteiger partial charge in [-0.25, -0.2) is 6.57 Å². The van der Waals surface area contributed by atoms with Crippen molar-refractivity contribution in [3.8, 4) is 0 Å². The average Bonchev–Trinajstić information content (AvgIpc) is 3.41. The maximum Gasteiger partial charge on any atom is 0.324 e. The van der Waals surface area contributed by atoms with Gasteiger partial charge in [0.05, 0.1) is 6.42 Å². The largest absolute Gasteiger partial charge is 0.339 e. The van der Waals surface area contributed by atoms with Crippen LogP contribution < -0.4 is 10.6 Å². The molecular weight excluding hydrogens is 508 g/mol. The van der Waals surface area contributed by atoms with Gasteiger partial charge < -0.3 is 15.5 Å². The Hall–Kier alpha value is -3.55. The van der Waals surface area contributed by atoms with Crippen molar-refractivity contribution in [2.45, 2.75) is 89.9 Å². The van der Waals surface area contributed by atoms with Crippen LogP contribution in [0.2, 0.25) is 0 Å². The molecule has 1 aromatic rings. The lowest BCUT2D eigenvalue weighted by Crippen LogP contribution is -2.58. The summed E-state index contributed by atoms with van der Waals surface area (Å²) in [4.78, 5) is 59.1. The van der Waals surface area contributed by atoms with E-state index in [2.05, 4.69) is 15.5 Å². The first kappa shape index (κ1) is 30.0. The van der Waals surface area contributed by atoms with Crippen molar-refractivity contribution < 1.29 is 28.0 Å². The van der Waals surface area contributed by atoms with E-state index < -0.39 is 53.7 Å². The summed E-state index contributed by atoms with van der Waals surface area (Å²) in [6, 6.07) is 4.89. The molecule has 1 aromatic carbocycles. The van der Waals surface area contributed by atoms with Crippen LogP contribution >= 0.6 is 0 Å². The number of nitrogens with one attached hydrogen (secondary N) is 2. The Balaban J connectivity index is 1.89. The molecule has 2 N–H and O–H groups in total. The lowest BCUT2D eigenvalue weighted by atomic mass is 9.80. The second kappa shape index (κ2) is 11.7. The average molecular weight is 546 g/mol. The molecule has 0 saturated carbocycles. The van der Waals surface area contributed by atoms with E-state index in [0.29, 0.717) is 5.69 Å². The van der Waals surface area contributed by atoms with Crippen molar-refractivity contribution in [3.05, 3.63) is 41.2 Å². The zero-order chi connectivity index (χ0) is 29.1. The molecule has 2 heterocycles. The number of likely N-dealkylation sites (N-methyl/N-ethyl adjacent to an activating group) is 1. The maximum atomic E-state index is 14.1. The molecule has 212 valence electrons. The maximum absolute atomic E-state index is 14.1. The Morgan fingerprint density at radius 3 is 2.51 bits per heavy atom. The SMILES string of the molecule is [C-]#[N+][C@@H]1C[C@@]2(CN1C(=O)[C@H](CC(C)C)N(CC)C(=O)[C@H](C)NC(=O)C(F)(F)CCC)C(=O)Nc1ccccc12. The number of alkyl halides is 2. The summed E-state index contributed by atoms with van der Waals surface area (Å²) >= 11 is 0. The quantitative estimate of drug-likeness (QED) is 0.439. The Labute approximate surface area is 228 Å². The number of carbonyl (C=O) groups excluding carboxylic acids is 4. The molecule has 9 nitrogen and oxygen atoms in total. The Kier molecular flexibility index (Phi) is 8.98. The van der Waals surface area contributed by atoms with Gasteiger partial charge in [0.1, 0.15) is 17.5 Å². The van der Waals surface area contributed by atoms with Crippen molar-refractivity contribution in [1.82, 2.24) is 15.1 Å². The number of nitrogens with zero attached hydrogens (tertiary/aromatic N) is 3. The molecule has 2 aliphatic heterocycles. The number of para-hydroxylation sites is 1. The monoisotopic (exact) mass is 545 g/mol. The first-order valence-corrected chi connectivity index (χ1v) is 13.4. The molecule has 4 atom stereocenters. The summed E-state index contributed by atoms with van der Waals surface area (Å²) in [5.74, 6) is -6.61. The van der Waals surface area contributed by atoms with E-state index in [0.717, 1.165) is 5.56 Å². The van der Waals surface area contributed by atoms with E-state index in [4.69, 9.17) is 6.57 Å². The lowest BCUT2D eigenvalue weighted by molar-refractivity contribution is -0.152. The van der Waals surface area contributed by atoms with Crippen molar-refractivity contribution in [2.24, 2.45) is 5.92 Å². The summed E-state index contributed by atoms with van der Waals surface area (Å²) in [7, 11) is 0. The van der Waals surface area contributed by atoms with Gasteiger partial charge in [-0.05, 0) is 44.2 Å². The molecule has 1 saturated heterocycles. The summed E-state index contributed by atoms with van der Waals surface area (Å²) in [5, 5.41) is 4.96. The van der Waals surface area contributed by atoms with E-state index in [9.17, 15) is 28.0 Å². The highest BCUT2D eigenvalue weighted by atomic mass is 19.3. The number of amides is 4. The highest BCUT2D eigenvalue weighted by Gasteiger charge is 2.59. The lowest BCUT2D eigenvalue weighted by Gasteiger charge is -2.35. The highest BCUT2D eigenvalue weighted by Crippen LogP contribution is 2.47. The zero-order valence-corrected chi connectivity index (χ0v) is 23.1. The van der Waals surface area contributed by atoms with Crippen molar-refractivity contribution in [1.29, 1.82) is 0 Å². The van der Waals surface area contributed by atoms with Crippen molar-refractivity contribution >= 4 is 29.3 Å². The van der Waals surface area contributed by atoms with E-state index in [1.807, 2.05) is 19.9 Å². The highest BCUT2D eigenvalue weighted by molar-refractivity contribution is 6.07. The van der Waals surface area contributed by atoms with Crippen molar-refractivity contribution in [2.75, 3.05) is 18.4 Å². The Morgan fingerprint density at radius 1 is 1.26 bits per heavy atom. The molecular formula is C28H37F2N5O4. The third kappa shape index (κ3) is 5.75. The fourth-order valence-corrected chi connectivity index (χ4v) is 5.53. The van der Waals surface area contributed by atoms with Crippen molar-refractivity contribution in [3.63, 3.8) is 0 Å². The van der Waals surface area contributed by atoms with Gasteiger partial charge in [-0.15, -0.1) is 0 Å². The summed E-state index contributed by atoms with van der Waals surface area (Å²) in [6.45, 7) is 16.1. The number of likely N-dealkylation sites (tertiary alicyclic amines) is 1. The fourth-order valence-electron chi connectivity index (χ4n) is 5.53. The Bertz CT molecular complexity index is 1170. The number of halogens is 2. The summed E-state index contributed by atoms with van der Waals surface area (Å²) in [5.41, 5.74) is 0.304. The molecule has 39 heavy (non-hydrogen) atoms. The molecule has 4 amide bonds. The van der Waals surface area contributed by atoms with Gasteiger partial charge in [0.25, 0.3) is 11.8 Å². The predicted octanol–water partition coefficient (Wildman–Crippen LogP) is 3.56. The van der Waals surface area contributed by atoms with Gasteiger partial charge >= 0.3 is 12.1 Å². The van der Waals surface area contributed by atoms with Crippen LogP contribution in [-0.2, 0) is 24.6 Å². The molecule has 11 heteroatoms. The van der Waals surface area contributed by atoms with Crippen LogP contribution in [0.15, 0.2) is 24.3 Å². The summed E-state index contributed by atoms with van der Waals surface area (Å²) in [6.07, 6.45) is -1.09. The second-order valence-corrected chi connectivity index (χ2v) is 10.8. The van der Waals surface area contributed by atoms with Crippen LogP contribution in [0.1, 0.15) is 65.9 Å². The minimum absolute atomic E-state index is 0.0163. The number of benzene rings is 1. The van der Waals surface area contributed by atoms with E-state index in [1.54, 1.807) is 25.1 Å². The number of carbonyl (C=O) groups is 4. The minimum Gasteiger partial charge on any atom is -0.339 e. The molecule has 2 aliphatic rings. The van der Waals surface area contributed by atoms with Crippen LogP contribution in [0.3, 0.4) is 0 Å². The predicted molar refractivity (Wildman–Crippen MR) is 142 cm³/mol. The van der Waals surface area contributed by atoms with Crippen LogP contribution in [-0.4, -0.2) is 70.7 Å². The molecule has 0 bridgehead atoms. The molecule has 0 unspecified atom stereocenters. The van der Waals surface area contributed by atoms with Gasteiger partial charge in [0.2, 0.25) is 11.8 Å². The van der Waals surface area contributed by atoms with Gasteiger partial charge in [-0.3, -0.25) is 28.9 Å². The van der Waals surface area contributed by atoms with Crippen LogP contribution in [0.25, 0.3) is 4.85 Å². The van der Waals surface area contributed by atoms with E-state index >= 15 is 0 Å². The number of rotatable bonds is 10. The molecule has 3 rings (SSSR count). The molecule has 0 aromatic heterocycles. The smallest absolute Gasteiger partial charge is 0.324 e. The van der Waals surface area contributed by atoms with E-state index in [-0.39, 0.29) is 44.2 Å². The third-order valence-corrected chi connectivity index (χ3v) is 7.48. The van der Waals surface area contributed by atoms with Crippen LogP contribution in [0.4, 0.5) is 14.5 Å². The molecule has 1 fully saturated rings. The van der Waals surface area contributed by atoms with Gasteiger partial charge in [0.15, 0.2) is 0 Å². The van der Waals surface area contributed by atoms with Gasteiger partial charge in [-0.1, -0.05) is 39.0 Å². The first-order valence-electron chi connectivity index (χ1n) is 13.4. The fraction of sp³-hybridized carbons (Fsp3) is 0.607. The number of anilines is 1. The standard InChI is InChI=1S/C28H37F2N5O4/c1-7-13-28(29,30)26(39)32-18(5)23(36)34(8-2)21(14-17(3)4)24(37)35-16-27(15-22(35)31-6)19-11-9-10-12-20(19)33-25(27)38/h9-12,17-18,21-22H,7-8,13-16H2,1-5H3,(H,32,39)(H,33,38)/t18-,21-,22-,27-/m0/s1. The minimum atomic E-state index is -3.61. The molecule has 0 aliphatic carbocycles. The van der Waals surface area contributed by atoms with Gasteiger partial charge in [0, 0.05) is 25.2 Å². The van der Waals surface area contributed by atoms with Gasteiger partial charge in [-0.2, -0.15) is 8.78 Å². The van der Waals surface area contributed by atoms with E-state index in [1.165, 1.54) is 23.6 Å². The van der Waals surface area contributed by atoms with Crippen LogP contribution in [0, 0.1) is 12.5 Å². The Morgan fingerprint density at radius 2 is 1.92 bits per heavy atom. The molecule has 1 spiro atoms. The topological polar surface area (TPSA) is 103 Å². The normalized spacial score (nSPS) is 21.8. The number of fused-ring (bicyclic) bond motifs is 2. The first-order chi connectivity index (χ1) is 18.3.